The van der Waals surface area contributed by atoms with Gasteiger partial charge in [-0.05, 0) is 31.7 Å². The van der Waals surface area contributed by atoms with Crippen molar-refractivity contribution >= 4 is 51.8 Å². The lowest BCUT2D eigenvalue weighted by Gasteiger charge is -2.30. The number of aromatic amines is 1. The van der Waals surface area contributed by atoms with E-state index in [1.54, 1.807) is 0 Å². The normalized spacial score (nSPS) is 18.5. The van der Waals surface area contributed by atoms with Gasteiger partial charge in [0.05, 0.1) is 38.2 Å². The predicted molar refractivity (Wildman–Crippen MR) is 124 cm³/mol. The van der Waals surface area contributed by atoms with Crippen molar-refractivity contribution in [2.75, 3.05) is 18.6 Å². The molecule has 0 unspecified atom stereocenters. The second kappa shape index (κ2) is 10.4. The van der Waals surface area contributed by atoms with E-state index in [-0.39, 0.29) is 59.6 Å². The van der Waals surface area contributed by atoms with Crippen LogP contribution in [0.1, 0.15) is 36.0 Å². The molecule has 1 amide bonds. The number of alkyl halides is 4. The van der Waals surface area contributed by atoms with Crippen LogP contribution in [0.4, 0.5) is 29.2 Å². The van der Waals surface area contributed by atoms with Crippen LogP contribution in [0.2, 0.25) is 10.0 Å². The first-order valence-electron chi connectivity index (χ1n) is 10.8. The Morgan fingerprint density at radius 2 is 1.83 bits per heavy atom. The average molecular weight is 534 g/mol. The van der Waals surface area contributed by atoms with Crippen molar-refractivity contribution in [3.63, 3.8) is 0 Å². The van der Waals surface area contributed by atoms with Crippen LogP contribution < -0.4 is 15.4 Å². The molecular weight excluding hydrogens is 513 g/mol. The number of anilines is 2. The van der Waals surface area contributed by atoms with Gasteiger partial charge in [0, 0.05) is 24.5 Å². The Bertz CT molecular complexity index is 1190. The minimum Gasteiger partial charge on any atom is -0.490 e. The highest BCUT2D eigenvalue weighted by Gasteiger charge is 2.41. The molecule has 1 aromatic carbocycles. The highest BCUT2D eigenvalue weighted by molar-refractivity contribution is 6.39. The summed E-state index contributed by atoms with van der Waals surface area (Å²) in [5.74, 6) is -1.50. The van der Waals surface area contributed by atoms with Gasteiger partial charge in [-0.25, -0.2) is 9.37 Å². The third kappa shape index (κ3) is 5.90. The first kappa shape index (κ1) is 25.3. The highest BCUT2D eigenvalue weighted by atomic mass is 35.5. The number of ether oxygens (including phenoxy) is 1. The Morgan fingerprint density at radius 3 is 2.46 bits per heavy atom. The molecule has 0 atom stereocenters. The van der Waals surface area contributed by atoms with Gasteiger partial charge in [-0.1, -0.05) is 23.2 Å². The first-order chi connectivity index (χ1) is 16.7. The number of amides is 1. The zero-order chi connectivity index (χ0) is 25.2. The van der Waals surface area contributed by atoms with Crippen LogP contribution in [0.3, 0.4) is 0 Å². The van der Waals surface area contributed by atoms with Crippen LogP contribution in [0.25, 0.3) is 11.0 Å². The van der Waals surface area contributed by atoms with E-state index in [9.17, 15) is 22.4 Å². The third-order valence-corrected chi connectivity index (χ3v) is 6.36. The number of nitrogens with one attached hydrogen (secondary N) is 3. The Hall–Kier alpha value is -2.79. The summed E-state index contributed by atoms with van der Waals surface area (Å²) in [6.07, 6.45) is -1.09. The fourth-order valence-electron chi connectivity index (χ4n) is 4.02. The molecule has 3 N–H and O–H groups in total. The maximum absolute atomic E-state index is 13.0. The molecule has 1 saturated carbocycles. The van der Waals surface area contributed by atoms with Gasteiger partial charge in [0.2, 0.25) is 5.95 Å². The fraction of sp³-hybridized carbons (Fsp3) is 0.409. The van der Waals surface area contributed by atoms with E-state index in [1.807, 2.05) is 0 Å². The number of pyridine rings is 1. The van der Waals surface area contributed by atoms with Gasteiger partial charge in [0.25, 0.3) is 5.91 Å². The van der Waals surface area contributed by atoms with E-state index >= 15 is 0 Å². The Labute approximate surface area is 207 Å². The number of hydrogen-bond donors (Lipinski definition) is 3. The van der Waals surface area contributed by atoms with E-state index in [0.29, 0.717) is 16.7 Å². The molecule has 4 rings (SSSR count). The summed E-state index contributed by atoms with van der Waals surface area (Å²) in [6, 6.07) is 2.57. The number of carbonyl (C=O) groups excluding carboxylic acids is 1. The van der Waals surface area contributed by atoms with Gasteiger partial charge in [-0.3, -0.25) is 9.78 Å². The van der Waals surface area contributed by atoms with Gasteiger partial charge < -0.3 is 20.4 Å². The molecule has 0 radical (unpaired) electrons. The molecule has 3 aromatic rings. The van der Waals surface area contributed by atoms with Gasteiger partial charge in [0.15, 0.2) is 0 Å². The summed E-state index contributed by atoms with van der Waals surface area (Å²) in [4.78, 5) is 24.3. The molecule has 2 heterocycles. The van der Waals surface area contributed by atoms with Gasteiger partial charge in [0.1, 0.15) is 19.0 Å². The number of halogens is 6. The third-order valence-electron chi connectivity index (χ3n) is 5.78. The van der Waals surface area contributed by atoms with E-state index in [2.05, 4.69) is 25.6 Å². The number of benzene rings is 1. The lowest BCUT2D eigenvalue weighted by atomic mass is 9.85. The molecule has 13 heteroatoms. The van der Waals surface area contributed by atoms with E-state index in [1.165, 1.54) is 24.5 Å². The summed E-state index contributed by atoms with van der Waals surface area (Å²) < 4.78 is 57.0. The molecule has 188 valence electrons. The van der Waals surface area contributed by atoms with Crippen LogP contribution in [-0.4, -0.2) is 46.4 Å². The molecule has 7 nitrogen and oxygen atoms in total. The highest BCUT2D eigenvalue weighted by Crippen LogP contribution is 2.38. The minimum absolute atomic E-state index is 0.0484. The number of fused-ring (bicyclic) bond motifs is 1. The lowest BCUT2D eigenvalue weighted by Crippen LogP contribution is -2.40. The van der Waals surface area contributed by atoms with E-state index < -0.39 is 30.7 Å². The van der Waals surface area contributed by atoms with Gasteiger partial charge in [-0.2, -0.15) is 13.2 Å². The largest absolute Gasteiger partial charge is 0.490 e. The van der Waals surface area contributed by atoms with Crippen LogP contribution in [-0.2, 0) is 0 Å². The topological polar surface area (TPSA) is 91.9 Å². The molecule has 1 aliphatic carbocycles. The molecule has 0 saturated heterocycles. The number of nitrogens with zero attached hydrogens (tertiary/aromatic N) is 2. The molecule has 0 spiro atoms. The number of rotatable bonds is 7. The number of aromatic nitrogens is 3. The van der Waals surface area contributed by atoms with Crippen LogP contribution in [0, 0.1) is 5.92 Å². The second-order valence-corrected chi connectivity index (χ2v) is 8.97. The summed E-state index contributed by atoms with van der Waals surface area (Å²) in [5.41, 5.74) is 1.36. The number of H-pyrrole nitrogens is 1. The van der Waals surface area contributed by atoms with Crippen molar-refractivity contribution < 1.29 is 27.1 Å². The molecular formula is C22H21Cl2F4N5O2. The Morgan fingerprint density at radius 1 is 1.14 bits per heavy atom. The lowest BCUT2D eigenvalue weighted by molar-refractivity contribution is -0.182. The van der Waals surface area contributed by atoms with Crippen LogP contribution >= 0.6 is 23.2 Å². The maximum Gasteiger partial charge on any atom is 0.391 e. The van der Waals surface area contributed by atoms with E-state index in [4.69, 9.17) is 27.9 Å². The SMILES string of the molecule is O=C(NC1CCC(C(F)(F)F)CC1)c1cc2nc(Nc3c(Cl)cncc3Cl)[nH]c2cc1OCCF. The van der Waals surface area contributed by atoms with Crippen molar-refractivity contribution in [1.82, 2.24) is 20.3 Å². The standard InChI is InChI=1S/C22H21Cl2F4N5O2/c23-14-9-29-10-15(24)19(14)33-21-31-16-7-13(18(35-6-5-25)8-17(16)32-21)20(34)30-12-3-1-11(2-4-12)22(26,27)28/h7-12H,1-6H2,(H,30,34)(H2,29,31,32,33). The van der Waals surface area contributed by atoms with Crippen molar-refractivity contribution in [3.05, 3.63) is 40.1 Å². The van der Waals surface area contributed by atoms with Crippen LogP contribution in [0.15, 0.2) is 24.5 Å². The quantitative estimate of drug-likeness (QED) is 0.314. The number of hydrogen-bond acceptors (Lipinski definition) is 5. The Balaban J connectivity index is 1.56. The molecule has 0 aliphatic heterocycles. The van der Waals surface area contributed by atoms with Gasteiger partial charge in [-0.15, -0.1) is 0 Å². The molecule has 2 aromatic heterocycles. The summed E-state index contributed by atoms with van der Waals surface area (Å²) in [5, 5.41) is 6.27. The average Bonchev–Trinajstić information content (AvgIpc) is 3.20. The zero-order valence-corrected chi connectivity index (χ0v) is 19.7. The summed E-state index contributed by atoms with van der Waals surface area (Å²) in [6.45, 7) is -1.04. The van der Waals surface area contributed by atoms with E-state index in [0.717, 1.165) is 0 Å². The fourth-order valence-corrected chi connectivity index (χ4v) is 4.48. The monoisotopic (exact) mass is 533 g/mol. The predicted octanol–water partition coefficient (Wildman–Crippen LogP) is 6.21. The molecule has 1 fully saturated rings. The molecule has 1 aliphatic rings. The summed E-state index contributed by atoms with van der Waals surface area (Å²) in [7, 11) is 0. The van der Waals surface area contributed by atoms with Crippen molar-refractivity contribution in [2.45, 2.75) is 37.9 Å². The number of carbonyl (C=O) groups is 1. The first-order valence-corrected chi connectivity index (χ1v) is 11.6. The molecule has 35 heavy (non-hydrogen) atoms. The smallest absolute Gasteiger partial charge is 0.391 e. The van der Waals surface area contributed by atoms with Gasteiger partial charge >= 0.3 is 6.18 Å². The maximum atomic E-state index is 13.0. The minimum atomic E-state index is -4.23. The van der Waals surface area contributed by atoms with Crippen molar-refractivity contribution in [3.8, 4) is 5.75 Å². The van der Waals surface area contributed by atoms with Crippen molar-refractivity contribution in [2.24, 2.45) is 5.92 Å². The Kier molecular flexibility index (Phi) is 7.56. The molecule has 0 bridgehead atoms. The summed E-state index contributed by atoms with van der Waals surface area (Å²) >= 11 is 12.3. The second-order valence-electron chi connectivity index (χ2n) is 8.16. The van der Waals surface area contributed by atoms with Crippen LogP contribution in [0.5, 0.6) is 5.75 Å². The zero-order valence-electron chi connectivity index (χ0n) is 18.2. The van der Waals surface area contributed by atoms with Crippen molar-refractivity contribution in [1.29, 1.82) is 0 Å². The number of imidazole rings is 1.